The summed E-state index contributed by atoms with van der Waals surface area (Å²) in [5.74, 6) is -0.0581. The van der Waals surface area contributed by atoms with Crippen LogP contribution in [0.5, 0.6) is 0 Å². The van der Waals surface area contributed by atoms with E-state index in [1.165, 1.54) is 37.5 Å². The molecule has 0 aromatic carbocycles. The Hall–Kier alpha value is -1.54. The van der Waals surface area contributed by atoms with Crippen molar-refractivity contribution in [2.45, 2.75) is 39.0 Å². The van der Waals surface area contributed by atoms with Crippen molar-refractivity contribution in [1.29, 1.82) is 5.26 Å². The molecular formula is C14H19N3OS. The molecule has 0 spiro atoms. The van der Waals surface area contributed by atoms with Crippen LogP contribution in [0, 0.1) is 11.3 Å². The molecule has 0 atom stereocenters. The van der Waals surface area contributed by atoms with Crippen LogP contribution in [0.3, 0.4) is 0 Å². The summed E-state index contributed by atoms with van der Waals surface area (Å²) in [4.78, 5) is 14.3. The monoisotopic (exact) mass is 277 g/mol. The van der Waals surface area contributed by atoms with Crippen LogP contribution in [-0.2, 0) is 0 Å². The number of nitrogens with zero attached hydrogens (tertiary/aromatic N) is 2. The van der Waals surface area contributed by atoms with Crippen LogP contribution in [0.2, 0.25) is 0 Å². The number of hydrogen-bond acceptors (Lipinski definition) is 5. The van der Waals surface area contributed by atoms with E-state index in [0.29, 0.717) is 16.1 Å². The summed E-state index contributed by atoms with van der Waals surface area (Å²) in [6.07, 6.45) is 6.04. The highest BCUT2D eigenvalue weighted by Gasteiger charge is 2.22. The summed E-state index contributed by atoms with van der Waals surface area (Å²) in [5, 5.41) is 10.2. The fourth-order valence-electron chi connectivity index (χ4n) is 2.47. The van der Waals surface area contributed by atoms with Gasteiger partial charge in [0.1, 0.15) is 16.6 Å². The molecule has 0 saturated carbocycles. The van der Waals surface area contributed by atoms with Gasteiger partial charge in [0, 0.05) is 20.0 Å². The lowest BCUT2D eigenvalue weighted by atomic mass is 10.1. The standard InChI is InChI=1S/C14H19N3OS/c1-10(18)13-12(16)11(9-15)14(19-13)17-7-5-3-2-4-6-8-17/h2-8,16H2,1H3. The maximum Gasteiger partial charge on any atom is 0.171 e. The fourth-order valence-corrected chi connectivity index (χ4v) is 3.59. The van der Waals surface area contributed by atoms with Gasteiger partial charge in [0.25, 0.3) is 0 Å². The first-order valence-corrected chi connectivity index (χ1v) is 7.55. The number of anilines is 2. The lowest BCUT2D eigenvalue weighted by Gasteiger charge is -2.25. The van der Waals surface area contributed by atoms with Crippen molar-refractivity contribution in [1.82, 2.24) is 0 Å². The minimum absolute atomic E-state index is 0.0581. The number of carbonyl (C=O) groups excluding carboxylic acids is 1. The van der Waals surface area contributed by atoms with Gasteiger partial charge in [0.15, 0.2) is 5.78 Å². The first kappa shape index (κ1) is 13.9. The van der Waals surface area contributed by atoms with Gasteiger partial charge in [-0.1, -0.05) is 19.3 Å². The lowest BCUT2D eigenvalue weighted by molar-refractivity contribution is 0.102. The highest BCUT2D eigenvalue weighted by atomic mass is 32.1. The number of carbonyl (C=O) groups is 1. The summed E-state index contributed by atoms with van der Waals surface area (Å²) in [5.41, 5.74) is 6.77. The van der Waals surface area contributed by atoms with E-state index in [1.807, 2.05) is 0 Å². The summed E-state index contributed by atoms with van der Waals surface area (Å²) in [6, 6.07) is 2.16. The first-order chi connectivity index (χ1) is 9.15. The molecule has 0 bridgehead atoms. The van der Waals surface area contributed by atoms with E-state index in [1.54, 1.807) is 0 Å². The highest BCUT2D eigenvalue weighted by molar-refractivity contribution is 7.19. The van der Waals surface area contributed by atoms with Crippen molar-refractivity contribution < 1.29 is 4.79 Å². The van der Waals surface area contributed by atoms with Gasteiger partial charge in [-0.3, -0.25) is 4.79 Å². The normalized spacial score (nSPS) is 16.5. The minimum Gasteiger partial charge on any atom is -0.396 e. The molecule has 4 nitrogen and oxygen atoms in total. The van der Waals surface area contributed by atoms with E-state index in [2.05, 4.69) is 11.0 Å². The fraction of sp³-hybridized carbons (Fsp3) is 0.571. The Labute approximate surface area is 117 Å². The maximum absolute atomic E-state index is 11.6. The van der Waals surface area contributed by atoms with E-state index in [9.17, 15) is 10.1 Å². The second kappa shape index (κ2) is 6.07. The quantitative estimate of drug-likeness (QED) is 0.843. The number of Topliss-reactive ketones (excluding diaryl/α,β-unsaturated/α-hetero) is 1. The van der Waals surface area contributed by atoms with Gasteiger partial charge in [-0.2, -0.15) is 5.26 Å². The van der Waals surface area contributed by atoms with E-state index < -0.39 is 0 Å². The molecule has 0 amide bonds. The Morgan fingerprint density at radius 1 is 1.26 bits per heavy atom. The average Bonchev–Trinajstić information content (AvgIpc) is 2.66. The molecule has 102 valence electrons. The molecule has 2 heterocycles. The zero-order valence-electron chi connectivity index (χ0n) is 11.2. The van der Waals surface area contributed by atoms with Crippen LogP contribution in [0.15, 0.2) is 0 Å². The van der Waals surface area contributed by atoms with Crippen molar-refractivity contribution >= 4 is 27.8 Å². The Morgan fingerprint density at radius 2 is 1.84 bits per heavy atom. The number of nitriles is 1. The smallest absolute Gasteiger partial charge is 0.171 e. The van der Waals surface area contributed by atoms with Gasteiger partial charge in [-0.15, -0.1) is 11.3 Å². The van der Waals surface area contributed by atoms with E-state index >= 15 is 0 Å². The molecule has 2 N–H and O–H groups in total. The molecule has 1 aromatic heterocycles. The Bertz CT molecular complexity index is 507. The third-order valence-corrected chi connectivity index (χ3v) is 4.87. The molecule has 1 aromatic rings. The SMILES string of the molecule is CC(=O)c1sc(N2CCCCCCC2)c(C#N)c1N. The van der Waals surface area contributed by atoms with Crippen molar-refractivity contribution in [3.8, 4) is 6.07 Å². The predicted molar refractivity (Wildman–Crippen MR) is 78.7 cm³/mol. The molecule has 0 radical (unpaired) electrons. The molecule has 0 unspecified atom stereocenters. The number of ketones is 1. The van der Waals surface area contributed by atoms with Crippen molar-refractivity contribution in [2.24, 2.45) is 0 Å². The Morgan fingerprint density at radius 3 is 2.37 bits per heavy atom. The minimum atomic E-state index is -0.0581. The molecule has 1 saturated heterocycles. The molecule has 0 aliphatic carbocycles. The molecule has 1 fully saturated rings. The van der Waals surface area contributed by atoms with Crippen LogP contribution in [0.25, 0.3) is 0 Å². The van der Waals surface area contributed by atoms with Gasteiger partial charge in [0.2, 0.25) is 0 Å². The summed E-state index contributed by atoms with van der Waals surface area (Å²) < 4.78 is 0. The van der Waals surface area contributed by atoms with Gasteiger partial charge in [-0.05, 0) is 12.8 Å². The zero-order valence-corrected chi connectivity index (χ0v) is 12.1. The largest absolute Gasteiger partial charge is 0.396 e. The Kier molecular flexibility index (Phi) is 4.43. The lowest BCUT2D eigenvalue weighted by Crippen LogP contribution is -2.26. The summed E-state index contributed by atoms with van der Waals surface area (Å²) >= 11 is 1.37. The van der Waals surface area contributed by atoms with Crippen LogP contribution in [-0.4, -0.2) is 18.9 Å². The second-order valence-corrected chi connectivity index (χ2v) is 5.95. The third kappa shape index (κ3) is 2.90. The third-order valence-electron chi connectivity index (χ3n) is 3.50. The van der Waals surface area contributed by atoms with Gasteiger partial charge < -0.3 is 10.6 Å². The van der Waals surface area contributed by atoms with Crippen molar-refractivity contribution in [2.75, 3.05) is 23.7 Å². The van der Waals surface area contributed by atoms with Gasteiger partial charge in [-0.25, -0.2) is 0 Å². The molecule has 2 rings (SSSR count). The summed E-state index contributed by atoms with van der Waals surface area (Å²) in [7, 11) is 0. The number of rotatable bonds is 2. The van der Waals surface area contributed by atoms with E-state index in [-0.39, 0.29) is 5.78 Å². The van der Waals surface area contributed by atoms with Gasteiger partial charge in [0.05, 0.1) is 10.6 Å². The van der Waals surface area contributed by atoms with E-state index in [4.69, 9.17) is 5.73 Å². The topological polar surface area (TPSA) is 70.1 Å². The number of thiophene rings is 1. The number of hydrogen-bond donors (Lipinski definition) is 1. The van der Waals surface area contributed by atoms with Crippen LogP contribution in [0.4, 0.5) is 10.7 Å². The second-order valence-electron chi connectivity index (χ2n) is 4.95. The zero-order chi connectivity index (χ0) is 13.8. The number of nitrogens with two attached hydrogens (primary N) is 1. The van der Waals surface area contributed by atoms with Crippen LogP contribution in [0.1, 0.15) is 54.3 Å². The summed E-state index contributed by atoms with van der Waals surface area (Å²) in [6.45, 7) is 3.40. The Balaban J connectivity index is 2.34. The number of nitrogen functional groups attached to an aromatic ring is 1. The van der Waals surface area contributed by atoms with Crippen LogP contribution < -0.4 is 10.6 Å². The van der Waals surface area contributed by atoms with Crippen molar-refractivity contribution in [3.63, 3.8) is 0 Å². The van der Waals surface area contributed by atoms with Gasteiger partial charge >= 0.3 is 0 Å². The van der Waals surface area contributed by atoms with Crippen LogP contribution >= 0.6 is 11.3 Å². The molecule has 1 aliphatic heterocycles. The maximum atomic E-state index is 11.6. The molecular weight excluding hydrogens is 258 g/mol. The highest BCUT2D eigenvalue weighted by Crippen LogP contribution is 2.38. The molecule has 5 heteroatoms. The molecule has 19 heavy (non-hydrogen) atoms. The van der Waals surface area contributed by atoms with E-state index in [0.717, 1.165) is 30.9 Å². The average molecular weight is 277 g/mol. The first-order valence-electron chi connectivity index (χ1n) is 6.73. The van der Waals surface area contributed by atoms with Crippen molar-refractivity contribution in [3.05, 3.63) is 10.4 Å². The molecule has 1 aliphatic rings. The predicted octanol–water partition coefficient (Wildman–Crippen LogP) is 3.18.